The first-order valence-electron chi connectivity index (χ1n) is 9.13. The van der Waals surface area contributed by atoms with E-state index in [0.29, 0.717) is 10.7 Å². The zero-order valence-corrected chi connectivity index (χ0v) is 19.1. The van der Waals surface area contributed by atoms with Crippen molar-refractivity contribution in [1.29, 1.82) is 0 Å². The van der Waals surface area contributed by atoms with Crippen LogP contribution in [0.1, 0.15) is 31.1 Å². The molecule has 2 aromatic carbocycles. The Balaban J connectivity index is 2.24. The second-order valence-corrected chi connectivity index (χ2v) is 10.1. The maximum absolute atomic E-state index is 13.0. The minimum absolute atomic E-state index is 0.0542. The summed E-state index contributed by atoms with van der Waals surface area (Å²) in [5.74, 6) is -1.05. The summed E-state index contributed by atoms with van der Waals surface area (Å²) in [6.07, 6.45) is 0. The molecule has 0 bridgehead atoms. The van der Waals surface area contributed by atoms with Crippen molar-refractivity contribution in [2.24, 2.45) is 0 Å². The fourth-order valence-corrected chi connectivity index (χ4v) is 4.04. The fraction of sp³-hybridized carbons (Fsp3) is 0.333. The van der Waals surface area contributed by atoms with E-state index < -0.39 is 27.5 Å². The number of nitrogens with zero attached hydrogens (tertiary/aromatic N) is 2. The Hall–Kier alpha value is -2.58. The molecule has 0 spiro atoms. The van der Waals surface area contributed by atoms with Crippen LogP contribution >= 0.6 is 11.6 Å². The summed E-state index contributed by atoms with van der Waals surface area (Å²) in [7, 11) is -1.07. The van der Waals surface area contributed by atoms with E-state index in [2.05, 4.69) is 0 Å². The second-order valence-electron chi connectivity index (χ2n) is 7.73. The molecule has 0 saturated heterocycles. The van der Waals surface area contributed by atoms with Crippen LogP contribution in [0.2, 0.25) is 5.02 Å². The van der Waals surface area contributed by atoms with Crippen molar-refractivity contribution >= 4 is 39.2 Å². The third kappa shape index (κ3) is 5.96. The maximum atomic E-state index is 13.0. The molecule has 0 atom stereocenters. The van der Waals surface area contributed by atoms with Crippen LogP contribution in [0, 0.1) is 0 Å². The summed E-state index contributed by atoms with van der Waals surface area (Å²) in [5.41, 5.74) is -0.136. The molecule has 30 heavy (non-hydrogen) atoms. The highest BCUT2D eigenvalue weighted by molar-refractivity contribution is 7.92. The van der Waals surface area contributed by atoms with E-state index in [9.17, 15) is 18.0 Å². The Morgan fingerprint density at radius 2 is 1.67 bits per heavy atom. The zero-order valence-electron chi connectivity index (χ0n) is 17.5. The fourth-order valence-electron chi connectivity index (χ4n) is 2.62. The lowest BCUT2D eigenvalue weighted by Gasteiger charge is -2.23. The van der Waals surface area contributed by atoms with Crippen LogP contribution in [0.4, 0.5) is 5.69 Å². The normalized spacial score (nSPS) is 11.7. The zero-order chi connectivity index (χ0) is 22.7. The molecule has 162 valence electrons. The number of halogens is 1. The van der Waals surface area contributed by atoms with Crippen molar-refractivity contribution in [3.8, 4) is 0 Å². The summed E-state index contributed by atoms with van der Waals surface area (Å²) in [6, 6.07) is 12.1. The highest BCUT2D eigenvalue weighted by atomic mass is 35.5. The van der Waals surface area contributed by atoms with Crippen molar-refractivity contribution in [3.63, 3.8) is 0 Å². The summed E-state index contributed by atoms with van der Waals surface area (Å²) >= 11 is 5.96. The second kappa shape index (κ2) is 9.06. The maximum Gasteiger partial charge on any atom is 0.326 e. The Kier molecular flexibility index (Phi) is 7.15. The lowest BCUT2D eigenvalue weighted by atomic mass is 10.2. The van der Waals surface area contributed by atoms with E-state index >= 15 is 0 Å². The highest BCUT2D eigenvalue weighted by Gasteiger charge is 2.24. The van der Waals surface area contributed by atoms with E-state index in [0.717, 1.165) is 4.31 Å². The number of benzene rings is 2. The van der Waals surface area contributed by atoms with Crippen molar-refractivity contribution in [3.05, 3.63) is 59.1 Å². The predicted molar refractivity (Wildman–Crippen MR) is 116 cm³/mol. The number of amides is 1. The van der Waals surface area contributed by atoms with Gasteiger partial charge in [-0.15, -0.1) is 0 Å². The van der Waals surface area contributed by atoms with Gasteiger partial charge in [-0.3, -0.25) is 13.9 Å². The SMILES string of the molecule is CN(CC(=O)OC(C)(C)C)C(=O)c1cccc(S(=O)(=O)N(C)c2cccc(Cl)c2)c1. The van der Waals surface area contributed by atoms with Gasteiger partial charge in [0.2, 0.25) is 0 Å². The first kappa shape index (κ1) is 23.7. The third-order valence-corrected chi connectivity index (χ3v) is 6.06. The summed E-state index contributed by atoms with van der Waals surface area (Å²) in [4.78, 5) is 25.8. The van der Waals surface area contributed by atoms with Crippen molar-refractivity contribution in [1.82, 2.24) is 4.90 Å². The molecule has 0 heterocycles. The molecule has 0 aliphatic rings. The number of carbonyl (C=O) groups excluding carboxylic acids is 2. The Bertz CT molecular complexity index is 1050. The van der Waals surface area contributed by atoms with Gasteiger partial charge in [0.05, 0.1) is 10.6 Å². The van der Waals surface area contributed by atoms with E-state index in [1.807, 2.05) is 0 Å². The topological polar surface area (TPSA) is 84.0 Å². The smallest absolute Gasteiger partial charge is 0.326 e. The van der Waals surface area contributed by atoms with Crippen LogP contribution in [0.15, 0.2) is 53.4 Å². The summed E-state index contributed by atoms with van der Waals surface area (Å²) in [6.45, 7) is 4.95. The van der Waals surface area contributed by atoms with Gasteiger partial charge in [0, 0.05) is 24.7 Å². The van der Waals surface area contributed by atoms with Crippen LogP contribution in [-0.4, -0.2) is 51.4 Å². The van der Waals surface area contributed by atoms with Gasteiger partial charge in [0.1, 0.15) is 12.1 Å². The van der Waals surface area contributed by atoms with Crippen molar-refractivity contribution < 1.29 is 22.7 Å². The molecule has 0 radical (unpaired) electrons. The van der Waals surface area contributed by atoms with Gasteiger partial charge < -0.3 is 9.64 Å². The van der Waals surface area contributed by atoms with Crippen LogP contribution < -0.4 is 4.31 Å². The van der Waals surface area contributed by atoms with Gasteiger partial charge in [0.25, 0.3) is 15.9 Å². The van der Waals surface area contributed by atoms with Crippen LogP contribution in [-0.2, 0) is 19.6 Å². The van der Waals surface area contributed by atoms with Crippen LogP contribution in [0.25, 0.3) is 0 Å². The number of esters is 1. The molecule has 1 amide bonds. The molecule has 0 aliphatic carbocycles. The Morgan fingerprint density at radius 3 is 2.27 bits per heavy atom. The largest absolute Gasteiger partial charge is 0.459 e. The van der Waals surface area contributed by atoms with Gasteiger partial charge in [-0.25, -0.2) is 8.42 Å². The monoisotopic (exact) mass is 452 g/mol. The molecular weight excluding hydrogens is 428 g/mol. The van der Waals surface area contributed by atoms with Crippen molar-refractivity contribution in [2.75, 3.05) is 24.9 Å². The quantitative estimate of drug-likeness (QED) is 0.625. The summed E-state index contributed by atoms with van der Waals surface area (Å²) < 4.78 is 32.3. The molecule has 0 fully saturated rings. The number of hydrogen-bond donors (Lipinski definition) is 0. The molecule has 7 nitrogen and oxygen atoms in total. The minimum atomic E-state index is -3.93. The number of ether oxygens (including phenoxy) is 1. The minimum Gasteiger partial charge on any atom is -0.459 e. The van der Waals surface area contributed by atoms with Crippen molar-refractivity contribution in [2.45, 2.75) is 31.3 Å². The average Bonchev–Trinajstić information content (AvgIpc) is 2.65. The van der Waals surface area contributed by atoms with Gasteiger partial charge in [-0.2, -0.15) is 0 Å². The third-order valence-electron chi connectivity index (χ3n) is 4.04. The number of hydrogen-bond acceptors (Lipinski definition) is 5. The standard InChI is InChI=1S/C21H25ClN2O5S/c1-21(2,3)29-19(25)14-23(4)20(26)15-8-6-11-18(12-15)30(27,28)24(5)17-10-7-9-16(22)13-17/h6-13H,14H2,1-5H3. The Morgan fingerprint density at radius 1 is 1.03 bits per heavy atom. The summed E-state index contributed by atoms with van der Waals surface area (Å²) in [5, 5.41) is 0.405. The van der Waals surface area contributed by atoms with E-state index in [-0.39, 0.29) is 17.0 Å². The number of anilines is 1. The molecule has 0 unspecified atom stereocenters. The first-order valence-corrected chi connectivity index (χ1v) is 10.9. The van der Waals surface area contributed by atoms with E-state index in [1.165, 1.54) is 49.3 Å². The van der Waals surface area contributed by atoms with E-state index in [1.54, 1.807) is 39.0 Å². The van der Waals surface area contributed by atoms with Gasteiger partial charge in [0.15, 0.2) is 0 Å². The number of sulfonamides is 1. The number of likely N-dealkylation sites (N-methyl/N-ethyl adjacent to an activating group) is 1. The molecule has 0 saturated carbocycles. The van der Waals surface area contributed by atoms with E-state index in [4.69, 9.17) is 16.3 Å². The Labute approximate surface area is 182 Å². The van der Waals surface area contributed by atoms with Gasteiger partial charge in [-0.05, 0) is 57.2 Å². The molecule has 2 rings (SSSR count). The van der Waals surface area contributed by atoms with Gasteiger partial charge in [-0.1, -0.05) is 23.7 Å². The molecular formula is C21H25ClN2O5S. The molecule has 0 N–H and O–H groups in total. The molecule has 2 aromatic rings. The van der Waals surface area contributed by atoms with Gasteiger partial charge >= 0.3 is 5.97 Å². The lowest BCUT2D eigenvalue weighted by Crippen LogP contribution is -2.36. The predicted octanol–water partition coefficient (Wildman–Crippen LogP) is 3.58. The molecule has 0 aliphatic heterocycles. The van der Waals surface area contributed by atoms with Crippen LogP contribution in [0.5, 0.6) is 0 Å². The molecule has 9 heteroatoms. The lowest BCUT2D eigenvalue weighted by molar-refractivity contribution is -0.155. The molecule has 0 aromatic heterocycles. The highest BCUT2D eigenvalue weighted by Crippen LogP contribution is 2.25. The number of rotatable bonds is 6. The van der Waals surface area contributed by atoms with Crippen LogP contribution in [0.3, 0.4) is 0 Å². The number of carbonyl (C=O) groups is 2. The average molecular weight is 453 g/mol. The first-order chi connectivity index (χ1) is 13.8.